The Hall–Kier alpha value is -2.53. The Morgan fingerprint density at radius 3 is 1.85 bits per heavy atom. The van der Waals surface area contributed by atoms with Gasteiger partial charge in [0.1, 0.15) is 5.82 Å². The van der Waals surface area contributed by atoms with Crippen LogP contribution < -0.4 is 0 Å². The number of likely N-dealkylation sites (N-methyl/N-ethyl adjacent to an activating group) is 1. The highest BCUT2D eigenvalue weighted by atomic mass is 19.1. The lowest BCUT2D eigenvalue weighted by atomic mass is 10.1. The average Bonchev–Trinajstić information content (AvgIpc) is 2.85. The van der Waals surface area contributed by atoms with Gasteiger partial charge in [0.25, 0.3) is 0 Å². The maximum absolute atomic E-state index is 13.1. The second-order valence-electron chi connectivity index (χ2n) is 8.81. The number of hydrogen-bond donors (Lipinski definition) is 1. The summed E-state index contributed by atoms with van der Waals surface area (Å²) < 4.78 is 13.1. The van der Waals surface area contributed by atoms with Crippen LogP contribution in [0.4, 0.5) is 4.39 Å². The monoisotopic (exact) mass is 448 g/mol. The fourth-order valence-electron chi connectivity index (χ4n) is 4.18. The molecule has 0 unspecified atom stereocenters. The smallest absolute Gasteiger partial charge is 0.123 e. The third-order valence-corrected chi connectivity index (χ3v) is 6.34. The van der Waals surface area contributed by atoms with Crippen LogP contribution in [0, 0.1) is 5.82 Å². The van der Waals surface area contributed by atoms with Gasteiger partial charge < -0.3 is 10.0 Å². The van der Waals surface area contributed by atoms with Crippen LogP contribution in [0.3, 0.4) is 0 Å². The van der Waals surface area contributed by atoms with Gasteiger partial charge in [-0.05, 0) is 61.7 Å². The minimum Gasteiger partial charge on any atom is -0.390 e. The van der Waals surface area contributed by atoms with E-state index in [0.29, 0.717) is 6.54 Å². The number of aliphatic hydroxyl groups is 1. The van der Waals surface area contributed by atoms with Crippen molar-refractivity contribution in [2.45, 2.75) is 51.9 Å². The maximum atomic E-state index is 13.1. The number of hydrogen-bond acceptors (Lipinski definition) is 3. The molecule has 33 heavy (non-hydrogen) atoms. The lowest BCUT2D eigenvalue weighted by molar-refractivity contribution is 0.0246. The van der Waals surface area contributed by atoms with E-state index in [0.717, 1.165) is 44.6 Å². The predicted molar refractivity (Wildman–Crippen MR) is 134 cm³/mol. The molecule has 0 saturated carbocycles. The van der Waals surface area contributed by atoms with Gasteiger partial charge in [-0.1, -0.05) is 79.7 Å². The van der Waals surface area contributed by atoms with Crippen LogP contribution in [0.2, 0.25) is 0 Å². The van der Waals surface area contributed by atoms with Gasteiger partial charge in [-0.25, -0.2) is 4.39 Å². The molecule has 4 heteroatoms. The van der Waals surface area contributed by atoms with E-state index in [1.807, 2.05) is 24.3 Å². The summed E-state index contributed by atoms with van der Waals surface area (Å²) in [5.74, 6) is -0.193. The minimum absolute atomic E-state index is 0.0107. The van der Waals surface area contributed by atoms with E-state index >= 15 is 0 Å². The molecule has 0 spiro atoms. The number of halogens is 1. The summed E-state index contributed by atoms with van der Waals surface area (Å²) in [6.45, 7) is 8.31. The van der Waals surface area contributed by atoms with Gasteiger partial charge in [-0.2, -0.15) is 0 Å². The van der Waals surface area contributed by atoms with Crippen LogP contribution in [0.15, 0.2) is 84.9 Å². The molecular formula is C29H37FN2O. The molecule has 3 nitrogen and oxygen atoms in total. The van der Waals surface area contributed by atoms with Gasteiger partial charge in [0.05, 0.1) is 6.10 Å². The molecule has 0 fully saturated rings. The summed E-state index contributed by atoms with van der Waals surface area (Å²) in [5.41, 5.74) is 3.65. The molecule has 0 aromatic heterocycles. The molecule has 0 aliphatic carbocycles. The van der Waals surface area contributed by atoms with Crippen LogP contribution in [-0.2, 0) is 19.5 Å². The molecule has 3 aromatic rings. The van der Waals surface area contributed by atoms with Gasteiger partial charge in [-0.3, -0.25) is 4.90 Å². The van der Waals surface area contributed by atoms with E-state index in [1.165, 1.54) is 23.3 Å². The summed E-state index contributed by atoms with van der Waals surface area (Å²) in [7, 11) is 0. The van der Waals surface area contributed by atoms with Crippen molar-refractivity contribution in [1.29, 1.82) is 0 Å². The largest absolute Gasteiger partial charge is 0.390 e. The quantitative estimate of drug-likeness (QED) is 0.372. The van der Waals surface area contributed by atoms with Gasteiger partial charge in [0.15, 0.2) is 0 Å². The Kier molecular flexibility index (Phi) is 10.1. The van der Waals surface area contributed by atoms with Gasteiger partial charge in [0, 0.05) is 25.7 Å². The van der Waals surface area contributed by atoms with Crippen molar-refractivity contribution in [3.63, 3.8) is 0 Å². The lowest BCUT2D eigenvalue weighted by Gasteiger charge is -2.35. The number of aryl methyl sites for hydroxylation is 1. The Morgan fingerprint density at radius 1 is 0.788 bits per heavy atom. The first-order valence-corrected chi connectivity index (χ1v) is 12.0. The fraction of sp³-hybridized carbons (Fsp3) is 0.379. The Morgan fingerprint density at radius 2 is 1.33 bits per heavy atom. The highest BCUT2D eigenvalue weighted by Gasteiger charge is 2.24. The summed E-state index contributed by atoms with van der Waals surface area (Å²) in [6.07, 6.45) is 1.44. The zero-order chi connectivity index (χ0) is 23.5. The third kappa shape index (κ3) is 8.39. The molecule has 0 bridgehead atoms. The standard InChI is InChI=1S/C29H37FN2O/c1-3-31(20-10-15-25-16-18-28(30)19-17-25)23-29(33)24(2)32(21-26-11-6-4-7-12-26)22-27-13-8-5-9-14-27/h4-9,11-14,16-19,24,29,33H,3,10,15,20-23H2,1-2H3/t24-,29+/m1/s1. The fourth-order valence-corrected chi connectivity index (χ4v) is 4.18. The predicted octanol–water partition coefficient (Wildman–Crippen LogP) is 5.53. The summed E-state index contributed by atoms with van der Waals surface area (Å²) in [4.78, 5) is 4.68. The molecule has 3 rings (SSSR count). The van der Waals surface area contributed by atoms with E-state index in [4.69, 9.17) is 0 Å². The second kappa shape index (κ2) is 13.2. The third-order valence-electron chi connectivity index (χ3n) is 6.34. The Labute approximate surface area is 198 Å². The number of aliphatic hydroxyl groups excluding tert-OH is 1. The zero-order valence-electron chi connectivity index (χ0n) is 19.9. The molecule has 0 aliphatic heterocycles. The molecule has 0 saturated heterocycles. The summed E-state index contributed by atoms with van der Waals surface area (Å²) >= 11 is 0. The van der Waals surface area contributed by atoms with Crippen molar-refractivity contribution in [2.24, 2.45) is 0 Å². The minimum atomic E-state index is -0.455. The lowest BCUT2D eigenvalue weighted by Crippen LogP contribution is -2.46. The summed E-state index contributed by atoms with van der Waals surface area (Å²) in [5, 5.41) is 11.2. The molecule has 0 amide bonds. The highest BCUT2D eigenvalue weighted by molar-refractivity contribution is 5.18. The first-order valence-electron chi connectivity index (χ1n) is 12.0. The van der Waals surface area contributed by atoms with Crippen molar-refractivity contribution in [2.75, 3.05) is 19.6 Å². The van der Waals surface area contributed by atoms with E-state index in [-0.39, 0.29) is 11.9 Å². The molecule has 1 N–H and O–H groups in total. The van der Waals surface area contributed by atoms with Gasteiger partial charge in [-0.15, -0.1) is 0 Å². The first-order chi connectivity index (χ1) is 16.0. The van der Waals surface area contributed by atoms with E-state index < -0.39 is 6.10 Å². The average molecular weight is 449 g/mol. The van der Waals surface area contributed by atoms with Gasteiger partial charge in [0.2, 0.25) is 0 Å². The number of benzene rings is 3. The van der Waals surface area contributed by atoms with Crippen molar-refractivity contribution < 1.29 is 9.50 Å². The molecule has 2 atom stereocenters. The van der Waals surface area contributed by atoms with E-state index in [2.05, 4.69) is 72.2 Å². The Bertz CT molecular complexity index is 876. The topological polar surface area (TPSA) is 26.7 Å². The molecule has 0 heterocycles. The van der Waals surface area contributed by atoms with E-state index in [9.17, 15) is 9.50 Å². The van der Waals surface area contributed by atoms with Crippen LogP contribution in [-0.4, -0.2) is 46.7 Å². The highest BCUT2D eigenvalue weighted by Crippen LogP contribution is 2.17. The zero-order valence-corrected chi connectivity index (χ0v) is 19.9. The molecule has 3 aromatic carbocycles. The van der Waals surface area contributed by atoms with Crippen molar-refractivity contribution in [1.82, 2.24) is 9.80 Å². The van der Waals surface area contributed by atoms with Crippen LogP contribution in [0.1, 0.15) is 37.0 Å². The van der Waals surface area contributed by atoms with Crippen molar-refractivity contribution in [3.8, 4) is 0 Å². The number of rotatable bonds is 13. The molecular weight excluding hydrogens is 411 g/mol. The van der Waals surface area contributed by atoms with Crippen molar-refractivity contribution >= 4 is 0 Å². The molecule has 176 valence electrons. The van der Waals surface area contributed by atoms with E-state index in [1.54, 1.807) is 0 Å². The maximum Gasteiger partial charge on any atom is 0.123 e. The molecule has 0 radical (unpaired) electrons. The second-order valence-corrected chi connectivity index (χ2v) is 8.81. The van der Waals surface area contributed by atoms with Crippen LogP contribution in [0.25, 0.3) is 0 Å². The summed E-state index contributed by atoms with van der Waals surface area (Å²) in [6, 6.07) is 27.7. The first kappa shape index (κ1) is 25.1. The Balaban J connectivity index is 1.58. The number of nitrogens with zero attached hydrogens (tertiary/aromatic N) is 2. The van der Waals surface area contributed by atoms with Crippen LogP contribution in [0.5, 0.6) is 0 Å². The normalized spacial score (nSPS) is 13.4. The van der Waals surface area contributed by atoms with Gasteiger partial charge >= 0.3 is 0 Å². The SMILES string of the molecule is CCN(CCCc1ccc(F)cc1)C[C@H](O)[C@@H](C)N(Cc1ccccc1)Cc1ccccc1. The van der Waals surface area contributed by atoms with Crippen LogP contribution >= 0.6 is 0 Å². The van der Waals surface area contributed by atoms with Crippen molar-refractivity contribution in [3.05, 3.63) is 107 Å². The molecule has 0 aliphatic rings.